The van der Waals surface area contributed by atoms with Crippen LogP contribution in [0.25, 0.3) is 0 Å². The molecule has 0 aromatic heterocycles. The van der Waals surface area contributed by atoms with E-state index in [1.807, 2.05) is 6.92 Å². The first kappa shape index (κ1) is 14.9. The lowest BCUT2D eigenvalue weighted by atomic mass is 10.0. The smallest absolute Gasteiger partial charge is 0.212 e. The average molecular weight is 275 g/mol. The Hall–Kier alpha value is -0.133. The van der Waals surface area contributed by atoms with Crippen LogP contribution in [-0.2, 0) is 10.0 Å². The summed E-state index contributed by atoms with van der Waals surface area (Å²) < 4.78 is 26.2. The predicted octanol–water partition coefficient (Wildman–Crippen LogP) is 2.69. The molecule has 1 heterocycles. The second-order valence-corrected chi connectivity index (χ2v) is 14.0. The summed E-state index contributed by atoms with van der Waals surface area (Å²) in [7, 11) is -4.39. The van der Waals surface area contributed by atoms with Crippen LogP contribution in [0.4, 0.5) is 0 Å². The van der Waals surface area contributed by atoms with Gasteiger partial charge in [0.05, 0.1) is 5.75 Å². The summed E-state index contributed by atoms with van der Waals surface area (Å²) >= 11 is 0. The molecule has 0 unspecified atom stereocenters. The van der Waals surface area contributed by atoms with Crippen molar-refractivity contribution in [2.45, 2.75) is 51.5 Å². The molecule has 0 spiro atoms. The minimum Gasteiger partial charge on any atom is -0.212 e. The van der Waals surface area contributed by atoms with Gasteiger partial charge in [0.2, 0.25) is 10.0 Å². The van der Waals surface area contributed by atoms with Crippen LogP contribution in [0.3, 0.4) is 0 Å². The highest BCUT2D eigenvalue weighted by molar-refractivity contribution is 7.89. The Bertz CT molecular complexity index is 384. The lowest BCUT2D eigenvalue weighted by molar-refractivity contribution is 0.310. The molecule has 17 heavy (non-hydrogen) atoms. The van der Waals surface area contributed by atoms with E-state index in [4.69, 9.17) is 0 Å². The van der Waals surface area contributed by atoms with Crippen molar-refractivity contribution in [1.29, 1.82) is 0 Å². The Morgan fingerprint density at radius 2 is 2.00 bits per heavy atom. The highest BCUT2D eigenvalue weighted by Gasteiger charge is 2.31. The largest absolute Gasteiger partial charge is 0.214 e. The molecular weight excluding hydrogens is 250 g/mol. The maximum Gasteiger partial charge on any atom is 0.214 e. The quantitative estimate of drug-likeness (QED) is 0.584. The monoisotopic (exact) mass is 275 g/mol. The minimum absolute atomic E-state index is 0.132. The van der Waals surface area contributed by atoms with Gasteiger partial charge in [0.1, 0.15) is 0 Å². The minimum atomic E-state index is -3.09. The van der Waals surface area contributed by atoms with Crippen LogP contribution in [0.5, 0.6) is 0 Å². The number of hydrogen-bond donors (Lipinski definition) is 0. The van der Waals surface area contributed by atoms with Crippen molar-refractivity contribution in [2.75, 3.05) is 12.3 Å². The highest BCUT2D eigenvalue weighted by Crippen LogP contribution is 2.24. The Morgan fingerprint density at radius 3 is 2.53 bits per heavy atom. The first-order valence-corrected chi connectivity index (χ1v) is 11.6. The van der Waals surface area contributed by atoms with Gasteiger partial charge in [-0.15, -0.1) is 0 Å². The van der Waals surface area contributed by atoms with Crippen LogP contribution >= 0.6 is 0 Å². The van der Waals surface area contributed by atoms with Gasteiger partial charge in [0.15, 0.2) is 0 Å². The number of sulfonamides is 1. The molecule has 1 aliphatic heterocycles. The predicted molar refractivity (Wildman–Crippen MR) is 76.5 cm³/mol. The van der Waals surface area contributed by atoms with Crippen LogP contribution in [0, 0.1) is 0 Å². The summed E-state index contributed by atoms with van der Waals surface area (Å²) in [6.45, 7) is 13.1. The number of hydrogen-bond acceptors (Lipinski definition) is 2. The molecule has 0 saturated carbocycles. The lowest BCUT2D eigenvalue weighted by Crippen LogP contribution is -2.44. The van der Waals surface area contributed by atoms with E-state index in [1.54, 1.807) is 4.31 Å². The van der Waals surface area contributed by atoms with E-state index >= 15 is 0 Å². The molecule has 0 radical (unpaired) electrons. The molecule has 1 rings (SSSR count). The van der Waals surface area contributed by atoms with E-state index in [1.165, 1.54) is 0 Å². The molecule has 0 aliphatic carbocycles. The molecule has 1 fully saturated rings. The van der Waals surface area contributed by atoms with Crippen molar-refractivity contribution in [1.82, 2.24) is 4.31 Å². The van der Waals surface area contributed by atoms with Gasteiger partial charge >= 0.3 is 0 Å². The number of nitrogens with zero attached hydrogens (tertiary/aromatic N) is 1. The highest BCUT2D eigenvalue weighted by atomic mass is 32.2. The van der Waals surface area contributed by atoms with Crippen LogP contribution < -0.4 is 0 Å². The number of piperidine rings is 1. The van der Waals surface area contributed by atoms with Crippen LogP contribution in [0.2, 0.25) is 25.7 Å². The van der Waals surface area contributed by atoms with Crippen LogP contribution in [0.1, 0.15) is 19.8 Å². The molecule has 0 aromatic carbocycles. The summed E-state index contributed by atoms with van der Waals surface area (Å²) in [6, 6.07) is 0.970. The van der Waals surface area contributed by atoms with Crippen molar-refractivity contribution in [3.63, 3.8) is 0 Å². The van der Waals surface area contributed by atoms with E-state index in [0.29, 0.717) is 12.3 Å². The second kappa shape index (κ2) is 5.24. The van der Waals surface area contributed by atoms with E-state index in [0.717, 1.165) is 24.5 Å². The van der Waals surface area contributed by atoms with Crippen molar-refractivity contribution < 1.29 is 8.42 Å². The molecule has 100 valence electrons. The fraction of sp³-hybridized carbons (Fsp3) is 0.833. The molecule has 3 nitrogen and oxygen atoms in total. The fourth-order valence-electron chi connectivity index (χ4n) is 1.94. The first-order chi connectivity index (χ1) is 7.62. The number of rotatable bonds is 4. The van der Waals surface area contributed by atoms with Gasteiger partial charge in [0, 0.05) is 20.7 Å². The van der Waals surface area contributed by atoms with Crippen LogP contribution in [0.15, 0.2) is 12.2 Å². The third kappa shape index (κ3) is 4.56. The maximum atomic E-state index is 12.3. The molecule has 0 amide bonds. The lowest BCUT2D eigenvalue weighted by Gasteiger charge is -2.34. The summed E-state index contributed by atoms with van der Waals surface area (Å²) in [5, 5.41) is 0. The summed E-state index contributed by atoms with van der Waals surface area (Å²) in [5.74, 6) is 0.306. The maximum absolute atomic E-state index is 12.3. The zero-order valence-electron chi connectivity index (χ0n) is 11.5. The average Bonchev–Trinajstić information content (AvgIpc) is 2.18. The SMILES string of the molecule is C=C1CC[C@H](C)N(S(=O)(=O)CC[Si](C)(C)C)C1. The van der Waals surface area contributed by atoms with E-state index in [9.17, 15) is 8.42 Å². The van der Waals surface area contributed by atoms with Crippen LogP contribution in [-0.4, -0.2) is 39.1 Å². The summed E-state index contributed by atoms with van der Waals surface area (Å²) in [6.07, 6.45) is 1.87. The van der Waals surface area contributed by atoms with Gasteiger partial charge in [-0.05, 0) is 25.8 Å². The molecule has 1 atom stereocenters. The van der Waals surface area contributed by atoms with Crippen molar-refractivity contribution in [2.24, 2.45) is 0 Å². The Kier molecular flexibility index (Phi) is 4.60. The Balaban J connectivity index is 2.72. The van der Waals surface area contributed by atoms with E-state index in [-0.39, 0.29) is 6.04 Å². The first-order valence-electron chi connectivity index (χ1n) is 6.28. The topological polar surface area (TPSA) is 37.4 Å². The standard InChI is InChI=1S/C12H25NO2SSi/c1-11-6-7-12(2)13(10-11)16(14,15)8-9-17(3,4)5/h12H,1,6-10H2,2-5H3/t12-/m0/s1. The van der Waals surface area contributed by atoms with Gasteiger partial charge in [0.25, 0.3) is 0 Å². The summed E-state index contributed by atoms with van der Waals surface area (Å²) in [5.41, 5.74) is 1.04. The zero-order valence-corrected chi connectivity index (χ0v) is 13.3. The molecule has 5 heteroatoms. The molecule has 1 saturated heterocycles. The van der Waals surface area contributed by atoms with E-state index in [2.05, 4.69) is 26.2 Å². The summed E-state index contributed by atoms with van der Waals surface area (Å²) in [4.78, 5) is 0. The van der Waals surface area contributed by atoms with Crippen molar-refractivity contribution in [3.8, 4) is 0 Å². The van der Waals surface area contributed by atoms with Gasteiger partial charge in [-0.25, -0.2) is 8.42 Å². The molecule has 0 N–H and O–H groups in total. The molecular formula is C12H25NO2SSi. The molecule has 0 bridgehead atoms. The van der Waals surface area contributed by atoms with Gasteiger partial charge in [-0.1, -0.05) is 31.8 Å². The van der Waals surface area contributed by atoms with Gasteiger partial charge in [-0.2, -0.15) is 4.31 Å². The third-order valence-electron chi connectivity index (χ3n) is 3.25. The molecule has 0 aromatic rings. The van der Waals surface area contributed by atoms with Crippen molar-refractivity contribution >= 4 is 18.1 Å². The van der Waals surface area contributed by atoms with Crippen molar-refractivity contribution in [3.05, 3.63) is 12.2 Å². The Morgan fingerprint density at radius 1 is 1.41 bits per heavy atom. The fourth-order valence-corrected chi connectivity index (χ4v) is 6.69. The Labute approximate surface area is 107 Å². The normalized spacial score (nSPS) is 24.0. The zero-order chi connectivity index (χ0) is 13.3. The van der Waals surface area contributed by atoms with E-state index < -0.39 is 18.1 Å². The second-order valence-electron chi connectivity index (χ2n) is 6.31. The van der Waals surface area contributed by atoms with Gasteiger partial charge < -0.3 is 0 Å². The molecule has 1 aliphatic rings. The van der Waals surface area contributed by atoms with Gasteiger partial charge in [-0.3, -0.25) is 0 Å². The third-order valence-corrected chi connectivity index (χ3v) is 7.29.